The highest BCUT2D eigenvalue weighted by Gasteiger charge is 2.15. The summed E-state index contributed by atoms with van der Waals surface area (Å²) in [6.07, 6.45) is 0. The monoisotopic (exact) mass is 287 g/mol. The first kappa shape index (κ1) is 14.1. The molecule has 0 saturated carbocycles. The maximum Gasteiger partial charge on any atom is 0.151 e. The van der Waals surface area contributed by atoms with Crippen molar-refractivity contribution in [2.45, 2.75) is 13.8 Å². The van der Waals surface area contributed by atoms with Crippen molar-refractivity contribution in [3.63, 3.8) is 0 Å². The first-order chi connectivity index (χ1) is 10.6. The lowest BCUT2D eigenvalue weighted by atomic mass is 10.1. The van der Waals surface area contributed by atoms with Crippen molar-refractivity contribution in [2.75, 3.05) is 0 Å². The number of rotatable bonds is 3. The second-order valence-corrected chi connectivity index (χ2v) is 5.52. The van der Waals surface area contributed by atoms with E-state index in [-0.39, 0.29) is 0 Å². The van der Waals surface area contributed by atoms with Gasteiger partial charge in [0.05, 0.1) is 11.2 Å². The number of carbonyl (C=O) groups excluding carboxylic acids is 1. The molecular weight excluding hydrogens is 270 g/mol. The van der Waals surface area contributed by atoms with Gasteiger partial charge < -0.3 is 0 Å². The van der Waals surface area contributed by atoms with Crippen LogP contribution in [-0.2, 0) is 4.79 Å². The summed E-state index contributed by atoms with van der Waals surface area (Å²) in [7, 11) is 0. The second-order valence-electron chi connectivity index (χ2n) is 5.52. The Morgan fingerprint density at radius 3 is 2.45 bits per heavy atom. The second kappa shape index (κ2) is 5.51. The third-order valence-corrected chi connectivity index (χ3v) is 3.75. The number of fused-ring (bicyclic) bond motifs is 1. The van der Waals surface area contributed by atoms with Crippen LogP contribution < -0.4 is 0 Å². The molecule has 0 aliphatic rings. The highest BCUT2D eigenvalue weighted by Crippen LogP contribution is 2.32. The summed E-state index contributed by atoms with van der Waals surface area (Å²) in [5.41, 5.74) is 5.36. The lowest BCUT2D eigenvalue weighted by molar-refractivity contribution is 0.568. The smallest absolute Gasteiger partial charge is 0.151 e. The van der Waals surface area contributed by atoms with Crippen molar-refractivity contribution in [1.82, 2.24) is 4.57 Å². The summed E-state index contributed by atoms with van der Waals surface area (Å²) in [5, 5.41) is 1.10. The summed E-state index contributed by atoms with van der Waals surface area (Å²) in [4.78, 5) is 11.5. The van der Waals surface area contributed by atoms with E-state index in [9.17, 15) is 4.79 Å². The maximum atomic E-state index is 11.5. The number of allylic oxidation sites excluding steroid dienone is 2. The minimum Gasteiger partial charge on any atom is -0.300 e. The maximum absolute atomic E-state index is 11.5. The van der Waals surface area contributed by atoms with Crippen molar-refractivity contribution in [2.24, 2.45) is 0 Å². The van der Waals surface area contributed by atoms with Gasteiger partial charge in [-0.3, -0.25) is 4.57 Å². The van der Waals surface area contributed by atoms with Crippen molar-refractivity contribution in [3.8, 4) is 11.3 Å². The number of aromatic nitrogens is 1. The summed E-state index contributed by atoms with van der Waals surface area (Å²) < 4.78 is 1.95. The van der Waals surface area contributed by atoms with E-state index < -0.39 is 0 Å². The predicted molar refractivity (Wildman–Crippen MR) is 92.3 cm³/mol. The normalized spacial score (nSPS) is 10.5. The van der Waals surface area contributed by atoms with Crippen molar-refractivity contribution in [1.29, 1.82) is 0 Å². The van der Waals surface area contributed by atoms with Gasteiger partial charge in [-0.2, -0.15) is 0 Å². The SMILES string of the molecule is C=C(C)C(=C=O)n1c(-c2ccccc2)cc2ccc(C)cc21. The predicted octanol–water partition coefficient (Wildman–Crippen LogP) is 4.87. The molecule has 0 radical (unpaired) electrons. The Morgan fingerprint density at radius 2 is 1.82 bits per heavy atom. The molecule has 0 bridgehead atoms. The van der Waals surface area contributed by atoms with Gasteiger partial charge in [0.2, 0.25) is 0 Å². The van der Waals surface area contributed by atoms with Gasteiger partial charge in [-0.25, -0.2) is 4.79 Å². The van der Waals surface area contributed by atoms with Gasteiger partial charge in [-0.05, 0) is 42.7 Å². The Labute approximate surface area is 130 Å². The highest BCUT2D eigenvalue weighted by molar-refractivity contribution is 5.98. The van der Waals surface area contributed by atoms with Crippen LogP contribution in [0.3, 0.4) is 0 Å². The van der Waals surface area contributed by atoms with Crippen LogP contribution in [-0.4, -0.2) is 10.5 Å². The molecule has 3 aromatic rings. The van der Waals surface area contributed by atoms with E-state index in [4.69, 9.17) is 0 Å². The fraction of sp³-hybridized carbons (Fsp3) is 0.100. The number of aryl methyl sites for hydroxylation is 1. The molecule has 0 spiro atoms. The van der Waals surface area contributed by atoms with Gasteiger partial charge in [0.15, 0.2) is 5.94 Å². The molecule has 0 atom stereocenters. The first-order valence-corrected chi connectivity index (χ1v) is 7.20. The van der Waals surface area contributed by atoms with Crippen LogP contribution in [0.25, 0.3) is 27.9 Å². The van der Waals surface area contributed by atoms with Crippen LogP contribution >= 0.6 is 0 Å². The van der Waals surface area contributed by atoms with Crippen LogP contribution in [0.1, 0.15) is 12.5 Å². The third-order valence-electron chi connectivity index (χ3n) is 3.75. The lowest BCUT2D eigenvalue weighted by Crippen LogP contribution is -2.01. The minimum atomic E-state index is 0.472. The summed E-state index contributed by atoms with van der Waals surface area (Å²) in [6.45, 7) is 7.80. The fourth-order valence-electron chi connectivity index (χ4n) is 2.70. The Hall–Kier alpha value is -2.83. The van der Waals surface area contributed by atoms with Gasteiger partial charge in [-0.15, -0.1) is 0 Å². The van der Waals surface area contributed by atoms with Crippen LogP contribution in [0.15, 0.2) is 66.7 Å². The van der Waals surface area contributed by atoms with E-state index in [1.54, 1.807) is 0 Å². The summed E-state index contributed by atoms with van der Waals surface area (Å²) in [6, 6.07) is 18.4. The van der Waals surface area contributed by atoms with Crippen LogP contribution in [0.2, 0.25) is 0 Å². The van der Waals surface area contributed by atoms with E-state index in [2.05, 4.69) is 36.8 Å². The van der Waals surface area contributed by atoms with Crippen LogP contribution in [0.5, 0.6) is 0 Å². The molecular formula is C20H17NO. The van der Waals surface area contributed by atoms with Crippen LogP contribution in [0.4, 0.5) is 0 Å². The Kier molecular flexibility index (Phi) is 3.54. The Balaban J connectivity index is 2.42. The lowest BCUT2D eigenvalue weighted by Gasteiger charge is -2.12. The molecule has 108 valence electrons. The van der Waals surface area contributed by atoms with Crippen LogP contribution in [0, 0.1) is 6.92 Å². The molecule has 0 aliphatic heterocycles. The zero-order valence-electron chi connectivity index (χ0n) is 12.8. The quantitative estimate of drug-likeness (QED) is 0.498. The Morgan fingerprint density at radius 1 is 1.09 bits per heavy atom. The Bertz CT molecular complexity index is 910. The molecule has 0 N–H and O–H groups in total. The van der Waals surface area contributed by atoms with Gasteiger partial charge >= 0.3 is 0 Å². The van der Waals surface area contributed by atoms with Gasteiger partial charge in [-0.1, -0.05) is 49.0 Å². The molecule has 1 heterocycles. The largest absolute Gasteiger partial charge is 0.300 e. The van der Waals surface area contributed by atoms with E-state index in [1.165, 1.54) is 0 Å². The summed E-state index contributed by atoms with van der Waals surface area (Å²) in [5.74, 6) is 2.06. The standard InChI is InChI=1S/C20H17NO/c1-14(2)20(13-22)21-18-11-15(3)9-10-17(18)12-19(21)16-7-5-4-6-8-16/h4-12H,1H2,2-3H3. The van der Waals surface area contributed by atoms with Gasteiger partial charge in [0.1, 0.15) is 5.70 Å². The van der Waals surface area contributed by atoms with Crippen molar-refractivity contribution >= 4 is 22.5 Å². The molecule has 2 aromatic carbocycles. The molecule has 0 amide bonds. The van der Waals surface area contributed by atoms with Crippen molar-refractivity contribution < 1.29 is 4.79 Å². The first-order valence-electron chi connectivity index (χ1n) is 7.20. The average Bonchev–Trinajstić information content (AvgIpc) is 2.87. The number of hydrogen-bond acceptors (Lipinski definition) is 1. The number of nitrogens with zero attached hydrogens (tertiary/aromatic N) is 1. The zero-order chi connectivity index (χ0) is 15.7. The average molecular weight is 287 g/mol. The van der Waals surface area contributed by atoms with E-state index in [1.807, 2.05) is 48.7 Å². The van der Waals surface area contributed by atoms with E-state index in [0.29, 0.717) is 11.3 Å². The summed E-state index contributed by atoms with van der Waals surface area (Å²) >= 11 is 0. The molecule has 0 unspecified atom stereocenters. The molecule has 0 saturated heterocycles. The third kappa shape index (κ3) is 2.30. The number of benzene rings is 2. The molecule has 1 aromatic heterocycles. The van der Waals surface area contributed by atoms with Gasteiger partial charge in [0.25, 0.3) is 0 Å². The topological polar surface area (TPSA) is 22.0 Å². The number of hydrogen-bond donors (Lipinski definition) is 0. The molecule has 0 fully saturated rings. The molecule has 2 heteroatoms. The molecule has 2 nitrogen and oxygen atoms in total. The minimum absolute atomic E-state index is 0.472. The molecule has 3 rings (SSSR count). The fourth-order valence-corrected chi connectivity index (χ4v) is 2.70. The van der Waals surface area contributed by atoms with E-state index >= 15 is 0 Å². The van der Waals surface area contributed by atoms with Gasteiger partial charge in [0, 0.05) is 5.39 Å². The van der Waals surface area contributed by atoms with E-state index in [0.717, 1.165) is 27.7 Å². The highest BCUT2D eigenvalue weighted by atomic mass is 16.1. The van der Waals surface area contributed by atoms with Crippen molar-refractivity contribution in [3.05, 3.63) is 72.3 Å². The molecule has 0 aliphatic carbocycles. The zero-order valence-corrected chi connectivity index (χ0v) is 12.8. The molecule has 22 heavy (non-hydrogen) atoms.